The molecule has 1 unspecified atom stereocenters. The van der Waals surface area contributed by atoms with E-state index in [9.17, 15) is 18.3 Å². The summed E-state index contributed by atoms with van der Waals surface area (Å²) in [5, 5.41) is 18.3. The third kappa shape index (κ3) is 3.13. The average Bonchev–Trinajstić information content (AvgIpc) is 2.05. The van der Waals surface area contributed by atoms with Crippen LogP contribution in [-0.2, 0) is 12.6 Å². The maximum Gasteiger partial charge on any atom is 0.416 e. The molecule has 5 heteroatoms. The van der Waals surface area contributed by atoms with E-state index in [-0.39, 0.29) is 6.42 Å². The highest BCUT2D eigenvalue weighted by Crippen LogP contribution is 2.32. The molecule has 2 N–H and O–H groups in total. The largest absolute Gasteiger partial charge is 0.508 e. The summed E-state index contributed by atoms with van der Waals surface area (Å²) in [6, 6.07) is 2.72. The van der Waals surface area contributed by atoms with Crippen LogP contribution < -0.4 is 0 Å². The zero-order valence-corrected chi connectivity index (χ0v) is 8.04. The minimum absolute atomic E-state index is 0.129. The molecule has 0 aromatic heterocycles. The normalized spacial score (nSPS) is 13.9. The molecule has 0 radical (unpaired) electrons. The highest BCUT2D eigenvalue weighted by Gasteiger charge is 2.31. The highest BCUT2D eigenvalue weighted by molar-refractivity contribution is 5.37. The number of phenols is 1. The van der Waals surface area contributed by atoms with Gasteiger partial charge in [-0.3, -0.25) is 0 Å². The van der Waals surface area contributed by atoms with Crippen molar-refractivity contribution in [1.29, 1.82) is 0 Å². The Morgan fingerprint density at radius 1 is 1.33 bits per heavy atom. The van der Waals surface area contributed by atoms with E-state index in [0.717, 1.165) is 6.07 Å². The Bertz CT molecular complexity index is 345. The van der Waals surface area contributed by atoms with Gasteiger partial charge in [0.2, 0.25) is 0 Å². The van der Waals surface area contributed by atoms with Crippen LogP contribution in [0.3, 0.4) is 0 Å². The van der Waals surface area contributed by atoms with Gasteiger partial charge in [0.1, 0.15) is 5.75 Å². The minimum Gasteiger partial charge on any atom is -0.508 e. The molecule has 1 atom stereocenters. The molecule has 0 aliphatic carbocycles. The third-order valence-corrected chi connectivity index (χ3v) is 1.93. The molecular weight excluding hydrogens is 209 g/mol. The van der Waals surface area contributed by atoms with Gasteiger partial charge < -0.3 is 10.2 Å². The number of hydrogen-bond acceptors (Lipinski definition) is 2. The first-order valence-electron chi connectivity index (χ1n) is 4.38. The molecule has 0 spiro atoms. The van der Waals surface area contributed by atoms with Gasteiger partial charge in [-0.2, -0.15) is 13.2 Å². The predicted molar refractivity (Wildman–Crippen MR) is 48.5 cm³/mol. The van der Waals surface area contributed by atoms with E-state index >= 15 is 0 Å². The van der Waals surface area contributed by atoms with E-state index < -0.39 is 23.6 Å². The van der Waals surface area contributed by atoms with Gasteiger partial charge in [0.25, 0.3) is 0 Å². The molecule has 0 saturated carbocycles. The lowest BCUT2D eigenvalue weighted by Crippen LogP contribution is -2.07. The second kappa shape index (κ2) is 4.10. The van der Waals surface area contributed by atoms with Crippen molar-refractivity contribution in [2.45, 2.75) is 25.6 Å². The van der Waals surface area contributed by atoms with Crippen molar-refractivity contribution in [2.75, 3.05) is 0 Å². The summed E-state index contributed by atoms with van der Waals surface area (Å²) in [5.74, 6) is -0.439. The Balaban J connectivity index is 2.98. The Labute approximate surface area is 85.0 Å². The Kier molecular flexibility index (Phi) is 3.24. The van der Waals surface area contributed by atoms with Crippen molar-refractivity contribution in [3.05, 3.63) is 29.3 Å². The lowest BCUT2D eigenvalue weighted by atomic mass is 10.0. The van der Waals surface area contributed by atoms with Gasteiger partial charge in [0.05, 0.1) is 11.7 Å². The van der Waals surface area contributed by atoms with Crippen LogP contribution in [0.15, 0.2) is 18.2 Å². The second-order valence-electron chi connectivity index (χ2n) is 3.39. The highest BCUT2D eigenvalue weighted by atomic mass is 19.4. The topological polar surface area (TPSA) is 40.5 Å². The van der Waals surface area contributed by atoms with E-state index in [4.69, 9.17) is 5.11 Å². The molecular formula is C10H11F3O2. The fourth-order valence-electron chi connectivity index (χ4n) is 1.23. The maximum absolute atomic E-state index is 12.2. The fraction of sp³-hybridized carbons (Fsp3) is 0.400. The smallest absolute Gasteiger partial charge is 0.416 e. The molecule has 0 fully saturated rings. The van der Waals surface area contributed by atoms with Gasteiger partial charge in [-0.15, -0.1) is 0 Å². The summed E-state index contributed by atoms with van der Waals surface area (Å²) in [5.41, 5.74) is -0.590. The van der Waals surface area contributed by atoms with Gasteiger partial charge >= 0.3 is 6.18 Å². The molecule has 1 rings (SSSR count). The number of aliphatic hydroxyl groups excluding tert-OH is 1. The molecule has 2 nitrogen and oxygen atoms in total. The first kappa shape index (κ1) is 11.8. The molecule has 1 aromatic carbocycles. The van der Waals surface area contributed by atoms with Crippen LogP contribution in [-0.4, -0.2) is 16.3 Å². The van der Waals surface area contributed by atoms with Crippen molar-refractivity contribution < 1.29 is 23.4 Å². The summed E-state index contributed by atoms with van der Waals surface area (Å²) in [7, 11) is 0. The number of phenolic OH excluding ortho intramolecular Hbond substituents is 1. The SMILES string of the molecule is CC(O)Cc1ccc(C(F)(F)F)cc1O. The van der Waals surface area contributed by atoms with E-state index in [0.29, 0.717) is 11.6 Å². The second-order valence-corrected chi connectivity index (χ2v) is 3.39. The van der Waals surface area contributed by atoms with Crippen molar-refractivity contribution in [1.82, 2.24) is 0 Å². The lowest BCUT2D eigenvalue weighted by molar-refractivity contribution is -0.137. The van der Waals surface area contributed by atoms with Gasteiger partial charge in [0, 0.05) is 6.42 Å². The minimum atomic E-state index is -4.46. The summed E-state index contributed by atoms with van der Waals surface area (Å²) in [6.07, 6.45) is -5.03. The Morgan fingerprint density at radius 2 is 1.93 bits per heavy atom. The van der Waals surface area contributed by atoms with Crippen molar-refractivity contribution in [3.8, 4) is 5.75 Å². The molecule has 0 bridgehead atoms. The zero-order valence-electron chi connectivity index (χ0n) is 8.04. The Morgan fingerprint density at radius 3 is 2.33 bits per heavy atom. The van der Waals surface area contributed by atoms with Crippen LogP contribution in [0.1, 0.15) is 18.1 Å². The number of alkyl halides is 3. The number of halogens is 3. The standard InChI is InChI=1S/C10H11F3O2/c1-6(14)4-7-2-3-8(5-9(7)15)10(11,12)13/h2-3,5-6,14-15H,4H2,1H3. The van der Waals surface area contributed by atoms with Crippen molar-refractivity contribution >= 4 is 0 Å². The van der Waals surface area contributed by atoms with E-state index in [1.807, 2.05) is 0 Å². The number of benzene rings is 1. The fourth-order valence-corrected chi connectivity index (χ4v) is 1.23. The van der Waals surface area contributed by atoms with Gasteiger partial charge in [0.15, 0.2) is 0 Å². The first-order valence-corrected chi connectivity index (χ1v) is 4.38. The number of aliphatic hydroxyl groups is 1. The molecule has 0 amide bonds. The lowest BCUT2D eigenvalue weighted by Gasteiger charge is -2.10. The van der Waals surface area contributed by atoms with E-state index in [1.165, 1.54) is 13.0 Å². The molecule has 0 heterocycles. The number of hydrogen-bond donors (Lipinski definition) is 2. The zero-order chi connectivity index (χ0) is 11.6. The van der Waals surface area contributed by atoms with E-state index in [1.54, 1.807) is 0 Å². The maximum atomic E-state index is 12.2. The molecule has 0 aliphatic heterocycles. The summed E-state index contributed by atoms with van der Waals surface area (Å²) in [4.78, 5) is 0. The molecule has 1 aromatic rings. The summed E-state index contributed by atoms with van der Waals surface area (Å²) < 4.78 is 36.6. The third-order valence-electron chi connectivity index (χ3n) is 1.93. The predicted octanol–water partition coefficient (Wildman–Crippen LogP) is 2.33. The van der Waals surface area contributed by atoms with Crippen LogP contribution in [0.4, 0.5) is 13.2 Å². The van der Waals surface area contributed by atoms with Crippen molar-refractivity contribution in [2.24, 2.45) is 0 Å². The number of rotatable bonds is 2. The molecule has 15 heavy (non-hydrogen) atoms. The number of aromatic hydroxyl groups is 1. The summed E-state index contributed by atoms with van der Waals surface area (Å²) in [6.45, 7) is 1.50. The molecule has 0 saturated heterocycles. The van der Waals surface area contributed by atoms with E-state index in [2.05, 4.69) is 0 Å². The van der Waals surface area contributed by atoms with Crippen molar-refractivity contribution in [3.63, 3.8) is 0 Å². The summed E-state index contributed by atoms with van der Waals surface area (Å²) >= 11 is 0. The van der Waals surface area contributed by atoms with Gasteiger partial charge in [-0.05, 0) is 24.6 Å². The first-order chi connectivity index (χ1) is 6.80. The molecule has 0 aliphatic rings. The van der Waals surface area contributed by atoms with Crippen LogP contribution in [0, 0.1) is 0 Å². The average molecular weight is 220 g/mol. The van der Waals surface area contributed by atoms with Crippen LogP contribution in [0.2, 0.25) is 0 Å². The van der Waals surface area contributed by atoms with Crippen LogP contribution in [0.25, 0.3) is 0 Å². The van der Waals surface area contributed by atoms with Gasteiger partial charge in [-0.25, -0.2) is 0 Å². The monoisotopic (exact) mass is 220 g/mol. The van der Waals surface area contributed by atoms with Gasteiger partial charge in [-0.1, -0.05) is 6.07 Å². The molecule has 84 valence electrons. The quantitative estimate of drug-likeness (QED) is 0.803. The van der Waals surface area contributed by atoms with Crippen LogP contribution >= 0.6 is 0 Å². The Hall–Kier alpha value is -1.23. The van der Waals surface area contributed by atoms with Crippen LogP contribution in [0.5, 0.6) is 5.75 Å².